The standard InChI is InChI=1S/C18H21N3O2S/c1-4-21(5-2)17-11-7-15(8-12-17)19-20-16-9-13-18(14-10-16)24(22,23)6-3/h6-14H,3-5H2,1-2H3. The van der Waals surface area contributed by atoms with Gasteiger partial charge in [-0.1, -0.05) is 6.58 Å². The van der Waals surface area contributed by atoms with E-state index in [2.05, 4.69) is 35.6 Å². The fourth-order valence-electron chi connectivity index (χ4n) is 2.23. The summed E-state index contributed by atoms with van der Waals surface area (Å²) in [7, 11) is -3.41. The maximum atomic E-state index is 11.7. The van der Waals surface area contributed by atoms with Crippen molar-refractivity contribution in [1.82, 2.24) is 0 Å². The Kier molecular flexibility index (Phi) is 5.87. The number of nitrogens with zero attached hydrogens (tertiary/aromatic N) is 3. The van der Waals surface area contributed by atoms with Gasteiger partial charge in [0, 0.05) is 24.2 Å². The average Bonchev–Trinajstić information content (AvgIpc) is 2.62. The molecule has 0 atom stereocenters. The second kappa shape index (κ2) is 7.88. The third kappa shape index (κ3) is 4.29. The first-order valence-corrected chi connectivity index (χ1v) is 9.29. The van der Waals surface area contributed by atoms with Crippen LogP contribution in [-0.2, 0) is 9.84 Å². The monoisotopic (exact) mass is 343 g/mol. The van der Waals surface area contributed by atoms with Gasteiger partial charge in [-0.2, -0.15) is 10.2 Å². The van der Waals surface area contributed by atoms with E-state index in [0.717, 1.165) is 29.9 Å². The number of sulfone groups is 1. The molecule has 5 nitrogen and oxygen atoms in total. The summed E-state index contributed by atoms with van der Waals surface area (Å²) in [5.74, 6) is 0. The smallest absolute Gasteiger partial charge is 0.199 e. The van der Waals surface area contributed by atoms with Crippen molar-refractivity contribution >= 4 is 26.9 Å². The predicted molar refractivity (Wildman–Crippen MR) is 98.0 cm³/mol. The maximum Gasteiger partial charge on any atom is 0.199 e. The van der Waals surface area contributed by atoms with Crippen LogP contribution in [0, 0.1) is 0 Å². The van der Waals surface area contributed by atoms with Gasteiger partial charge in [0.2, 0.25) is 0 Å². The summed E-state index contributed by atoms with van der Waals surface area (Å²) in [6, 6.07) is 14.1. The Balaban J connectivity index is 2.12. The molecule has 0 aliphatic rings. The lowest BCUT2D eigenvalue weighted by Crippen LogP contribution is -2.21. The van der Waals surface area contributed by atoms with Crippen LogP contribution in [-0.4, -0.2) is 21.5 Å². The van der Waals surface area contributed by atoms with E-state index in [-0.39, 0.29) is 4.90 Å². The minimum Gasteiger partial charge on any atom is -0.372 e. The highest BCUT2D eigenvalue weighted by Crippen LogP contribution is 2.23. The molecular formula is C18H21N3O2S. The van der Waals surface area contributed by atoms with Crippen LogP contribution in [0.3, 0.4) is 0 Å². The lowest BCUT2D eigenvalue weighted by atomic mass is 10.2. The van der Waals surface area contributed by atoms with E-state index in [1.807, 2.05) is 24.3 Å². The zero-order chi connectivity index (χ0) is 17.6. The van der Waals surface area contributed by atoms with Crippen LogP contribution >= 0.6 is 0 Å². The number of hydrogen-bond donors (Lipinski definition) is 0. The first kappa shape index (κ1) is 17.9. The molecule has 24 heavy (non-hydrogen) atoms. The number of hydrogen-bond acceptors (Lipinski definition) is 5. The number of azo groups is 1. The Hall–Kier alpha value is -2.47. The molecule has 0 heterocycles. The lowest BCUT2D eigenvalue weighted by Gasteiger charge is -2.20. The summed E-state index contributed by atoms with van der Waals surface area (Å²) in [5, 5.41) is 9.24. The van der Waals surface area contributed by atoms with Gasteiger partial charge in [-0.25, -0.2) is 8.42 Å². The van der Waals surface area contributed by atoms with Crippen LogP contribution in [0.4, 0.5) is 17.1 Å². The van der Waals surface area contributed by atoms with Crippen LogP contribution in [0.15, 0.2) is 75.6 Å². The fourth-order valence-corrected chi connectivity index (χ4v) is 2.94. The third-order valence-electron chi connectivity index (χ3n) is 3.64. The molecule has 2 rings (SSSR count). The zero-order valence-corrected chi connectivity index (χ0v) is 14.7. The highest BCUT2D eigenvalue weighted by atomic mass is 32.2. The Bertz CT molecular complexity index is 806. The van der Waals surface area contributed by atoms with Crippen molar-refractivity contribution in [3.05, 3.63) is 60.5 Å². The van der Waals surface area contributed by atoms with Crippen LogP contribution in [0.1, 0.15) is 13.8 Å². The zero-order valence-electron chi connectivity index (χ0n) is 13.9. The molecule has 0 spiro atoms. The molecule has 6 heteroatoms. The van der Waals surface area contributed by atoms with Crippen molar-refractivity contribution < 1.29 is 8.42 Å². The first-order valence-electron chi connectivity index (χ1n) is 7.74. The number of anilines is 1. The highest BCUT2D eigenvalue weighted by molar-refractivity contribution is 7.94. The molecule has 0 bridgehead atoms. The van der Waals surface area contributed by atoms with Gasteiger partial charge in [-0.05, 0) is 62.4 Å². The van der Waals surface area contributed by atoms with Gasteiger partial charge in [0.25, 0.3) is 0 Å². The molecule has 0 unspecified atom stereocenters. The summed E-state index contributed by atoms with van der Waals surface area (Å²) in [6.07, 6.45) is 0. The maximum absolute atomic E-state index is 11.7. The molecule has 0 saturated heterocycles. The van der Waals surface area contributed by atoms with Gasteiger partial charge >= 0.3 is 0 Å². The van der Waals surface area contributed by atoms with Gasteiger partial charge in [0.15, 0.2) is 9.84 Å². The van der Waals surface area contributed by atoms with E-state index in [9.17, 15) is 8.42 Å². The summed E-state index contributed by atoms with van der Waals surface area (Å²) >= 11 is 0. The Labute approximate surface area is 143 Å². The van der Waals surface area contributed by atoms with Gasteiger partial charge in [0.05, 0.1) is 16.3 Å². The van der Waals surface area contributed by atoms with Crippen molar-refractivity contribution in [3.63, 3.8) is 0 Å². The fraction of sp³-hybridized carbons (Fsp3) is 0.222. The minimum absolute atomic E-state index is 0.194. The van der Waals surface area contributed by atoms with Gasteiger partial charge in [-0.3, -0.25) is 0 Å². The Morgan fingerprint density at radius 3 is 1.79 bits per heavy atom. The Morgan fingerprint density at radius 1 is 0.917 bits per heavy atom. The second-order valence-electron chi connectivity index (χ2n) is 5.09. The van der Waals surface area contributed by atoms with Crippen molar-refractivity contribution in [2.24, 2.45) is 10.2 Å². The van der Waals surface area contributed by atoms with Gasteiger partial charge in [0.1, 0.15) is 0 Å². The van der Waals surface area contributed by atoms with Crippen LogP contribution in [0.5, 0.6) is 0 Å². The summed E-state index contributed by atoms with van der Waals surface area (Å²) in [5.41, 5.74) is 2.48. The second-order valence-corrected chi connectivity index (χ2v) is 6.99. The van der Waals surface area contributed by atoms with E-state index in [1.165, 1.54) is 12.1 Å². The van der Waals surface area contributed by atoms with E-state index < -0.39 is 9.84 Å². The topological polar surface area (TPSA) is 62.1 Å². The molecule has 2 aromatic carbocycles. The van der Waals surface area contributed by atoms with E-state index >= 15 is 0 Å². The molecule has 0 saturated carbocycles. The lowest BCUT2D eigenvalue weighted by molar-refractivity contribution is 0.604. The molecule has 0 radical (unpaired) electrons. The molecule has 0 fully saturated rings. The minimum atomic E-state index is -3.41. The largest absolute Gasteiger partial charge is 0.372 e. The third-order valence-corrected chi connectivity index (χ3v) is 5.01. The molecule has 0 aliphatic carbocycles. The van der Waals surface area contributed by atoms with Crippen molar-refractivity contribution in [2.45, 2.75) is 18.7 Å². The van der Waals surface area contributed by atoms with Crippen LogP contribution in [0.2, 0.25) is 0 Å². The van der Waals surface area contributed by atoms with Crippen molar-refractivity contribution in [1.29, 1.82) is 0 Å². The molecule has 2 aromatic rings. The average molecular weight is 343 g/mol. The molecule has 0 N–H and O–H groups in total. The first-order chi connectivity index (χ1) is 11.5. The van der Waals surface area contributed by atoms with Gasteiger partial charge in [-0.15, -0.1) is 0 Å². The molecule has 0 aliphatic heterocycles. The molecule has 0 aromatic heterocycles. The van der Waals surface area contributed by atoms with Crippen molar-refractivity contribution in [3.8, 4) is 0 Å². The molecule has 126 valence electrons. The van der Waals surface area contributed by atoms with Crippen LogP contribution < -0.4 is 4.90 Å². The van der Waals surface area contributed by atoms with Gasteiger partial charge < -0.3 is 4.90 Å². The Morgan fingerprint density at radius 2 is 1.38 bits per heavy atom. The molecule has 0 amide bonds. The van der Waals surface area contributed by atoms with Crippen molar-refractivity contribution in [2.75, 3.05) is 18.0 Å². The predicted octanol–water partition coefficient (Wildman–Crippen LogP) is 4.87. The number of benzene rings is 2. The molecular weight excluding hydrogens is 322 g/mol. The van der Waals surface area contributed by atoms with Crippen LogP contribution in [0.25, 0.3) is 0 Å². The summed E-state index contributed by atoms with van der Waals surface area (Å²) in [6.45, 7) is 9.45. The van der Waals surface area contributed by atoms with E-state index in [1.54, 1.807) is 12.1 Å². The highest BCUT2D eigenvalue weighted by Gasteiger charge is 2.08. The number of rotatable bonds is 7. The quantitative estimate of drug-likeness (QED) is 0.674. The normalized spacial score (nSPS) is 11.6. The summed E-state index contributed by atoms with van der Waals surface area (Å²) < 4.78 is 23.3. The SMILES string of the molecule is C=CS(=O)(=O)c1ccc(N=Nc2ccc(N(CC)CC)cc2)cc1. The summed E-state index contributed by atoms with van der Waals surface area (Å²) in [4.78, 5) is 2.44. The van der Waals surface area contributed by atoms with E-state index in [4.69, 9.17) is 0 Å². The van der Waals surface area contributed by atoms with E-state index in [0.29, 0.717) is 5.69 Å².